The van der Waals surface area contributed by atoms with Crippen molar-refractivity contribution in [2.24, 2.45) is 0 Å². The molecule has 18 heavy (non-hydrogen) atoms. The molecule has 3 N–H and O–H groups in total. The van der Waals surface area contributed by atoms with E-state index in [0.717, 1.165) is 9.88 Å². The van der Waals surface area contributed by atoms with Crippen LogP contribution in [0.1, 0.15) is 20.2 Å². The summed E-state index contributed by atoms with van der Waals surface area (Å²) in [6.07, 6.45) is 1.75. The number of nitrogens with one attached hydrogen (secondary N) is 1. The summed E-state index contributed by atoms with van der Waals surface area (Å²) in [5.41, 5.74) is 6.53. The Morgan fingerprint density at radius 2 is 2.33 bits per heavy atom. The lowest BCUT2D eigenvalue weighted by Crippen LogP contribution is -2.22. The highest BCUT2D eigenvalue weighted by molar-refractivity contribution is 7.11. The maximum atomic E-state index is 11.9. The van der Waals surface area contributed by atoms with Gasteiger partial charge >= 0.3 is 0 Å². The van der Waals surface area contributed by atoms with Gasteiger partial charge in [0.05, 0.1) is 22.1 Å². The highest BCUT2D eigenvalue weighted by atomic mass is 35.5. The molecular weight excluding hydrogens is 270 g/mol. The fraction of sp³-hybridized carbons (Fsp3) is 0.167. The molecule has 0 fully saturated rings. The Balaban J connectivity index is 2.05. The van der Waals surface area contributed by atoms with Gasteiger partial charge < -0.3 is 11.1 Å². The smallest absolute Gasteiger partial charge is 0.253 e. The maximum absolute atomic E-state index is 11.9. The van der Waals surface area contributed by atoms with Gasteiger partial charge in [-0.15, -0.1) is 11.3 Å². The Morgan fingerprint density at radius 3 is 3.00 bits per heavy atom. The molecule has 0 aliphatic rings. The SMILES string of the molecule is Cc1ncc(CNC(=O)c2cc(N)ccc2Cl)s1. The zero-order valence-electron chi connectivity index (χ0n) is 9.74. The van der Waals surface area contributed by atoms with Crippen molar-refractivity contribution in [1.82, 2.24) is 10.3 Å². The summed E-state index contributed by atoms with van der Waals surface area (Å²) in [6.45, 7) is 2.36. The molecule has 0 atom stereocenters. The van der Waals surface area contributed by atoms with Gasteiger partial charge in [-0.1, -0.05) is 11.6 Å². The summed E-state index contributed by atoms with van der Waals surface area (Å²) in [5.74, 6) is -0.238. The van der Waals surface area contributed by atoms with E-state index in [-0.39, 0.29) is 5.91 Å². The van der Waals surface area contributed by atoms with Crippen LogP contribution in [-0.4, -0.2) is 10.9 Å². The summed E-state index contributed by atoms with van der Waals surface area (Å²) in [7, 11) is 0. The normalized spacial score (nSPS) is 10.3. The number of nitrogens with two attached hydrogens (primary N) is 1. The van der Waals surface area contributed by atoms with Crippen molar-refractivity contribution in [2.45, 2.75) is 13.5 Å². The van der Waals surface area contributed by atoms with E-state index in [1.807, 2.05) is 6.92 Å². The van der Waals surface area contributed by atoms with Gasteiger partial charge in [-0.2, -0.15) is 0 Å². The van der Waals surface area contributed by atoms with Crippen LogP contribution in [0.15, 0.2) is 24.4 Å². The lowest BCUT2D eigenvalue weighted by molar-refractivity contribution is 0.0951. The molecule has 0 saturated carbocycles. The Morgan fingerprint density at radius 1 is 1.56 bits per heavy atom. The largest absolute Gasteiger partial charge is 0.399 e. The van der Waals surface area contributed by atoms with E-state index in [9.17, 15) is 4.79 Å². The van der Waals surface area contributed by atoms with Crippen LogP contribution >= 0.6 is 22.9 Å². The van der Waals surface area contributed by atoms with Crippen molar-refractivity contribution in [2.75, 3.05) is 5.73 Å². The number of hydrogen-bond acceptors (Lipinski definition) is 4. The molecular formula is C12H12ClN3OS. The van der Waals surface area contributed by atoms with E-state index in [4.69, 9.17) is 17.3 Å². The van der Waals surface area contributed by atoms with Crippen LogP contribution in [0.5, 0.6) is 0 Å². The number of nitrogens with zero attached hydrogens (tertiary/aromatic N) is 1. The number of carbonyl (C=O) groups excluding carboxylic acids is 1. The number of benzene rings is 1. The van der Waals surface area contributed by atoms with Crippen LogP contribution in [0.3, 0.4) is 0 Å². The fourth-order valence-electron chi connectivity index (χ4n) is 1.47. The Kier molecular flexibility index (Phi) is 3.84. The topological polar surface area (TPSA) is 68.0 Å². The molecule has 0 bridgehead atoms. The van der Waals surface area contributed by atoms with Crippen LogP contribution in [0, 0.1) is 6.92 Å². The number of carbonyl (C=O) groups is 1. The third-order valence-corrected chi connectivity index (χ3v) is 3.57. The zero-order valence-corrected chi connectivity index (χ0v) is 11.3. The number of thiazole rings is 1. The maximum Gasteiger partial charge on any atom is 0.253 e. The average Bonchev–Trinajstić information content (AvgIpc) is 2.75. The van der Waals surface area contributed by atoms with Gasteiger partial charge in [0, 0.05) is 16.8 Å². The number of amides is 1. The first kappa shape index (κ1) is 12.9. The molecule has 2 aromatic rings. The van der Waals surface area contributed by atoms with Gasteiger partial charge in [-0.05, 0) is 25.1 Å². The van der Waals surface area contributed by atoms with Crippen molar-refractivity contribution in [3.8, 4) is 0 Å². The van der Waals surface area contributed by atoms with Crippen molar-refractivity contribution < 1.29 is 4.79 Å². The highest BCUT2D eigenvalue weighted by Crippen LogP contribution is 2.19. The number of halogens is 1. The minimum atomic E-state index is -0.238. The first-order valence-electron chi connectivity index (χ1n) is 5.31. The molecule has 1 aromatic heterocycles. The first-order chi connectivity index (χ1) is 8.56. The molecule has 6 heteroatoms. The van der Waals surface area contributed by atoms with Crippen LogP contribution in [0.2, 0.25) is 5.02 Å². The fourth-order valence-corrected chi connectivity index (χ4v) is 2.40. The molecule has 0 saturated heterocycles. The van der Waals surface area contributed by atoms with E-state index in [2.05, 4.69) is 10.3 Å². The molecule has 0 spiro atoms. The Bertz CT molecular complexity index is 582. The number of aryl methyl sites for hydroxylation is 1. The first-order valence-corrected chi connectivity index (χ1v) is 6.50. The molecule has 4 nitrogen and oxygen atoms in total. The zero-order chi connectivity index (χ0) is 13.1. The van der Waals surface area contributed by atoms with Crippen molar-refractivity contribution in [1.29, 1.82) is 0 Å². The summed E-state index contributed by atoms with van der Waals surface area (Å²) in [4.78, 5) is 17.1. The number of aromatic nitrogens is 1. The molecule has 0 unspecified atom stereocenters. The average molecular weight is 282 g/mol. The van der Waals surface area contributed by atoms with Crippen LogP contribution in [0.25, 0.3) is 0 Å². The molecule has 0 radical (unpaired) electrons. The van der Waals surface area contributed by atoms with Gasteiger partial charge in [0.25, 0.3) is 5.91 Å². The summed E-state index contributed by atoms with van der Waals surface area (Å²) < 4.78 is 0. The van der Waals surface area contributed by atoms with E-state index >= 15 is 0 Å². The lowest BCUT2D eigenvalue weighted by Gasteiger charge is -2.06. The summed E-state index contributed by atoms with van der Waals surface area (Å²) in [6, 6.07) is 4.84. The van der Waals surface area contributed by atoms with Gasteiger partial charge in [-0.25, -0.2) is 4.98 Å². The minimum absolute atomic E-state index is 0.238. The molecule has 1 amide bonds. The van der Waals surface area contributed by atoms with Gasteiger partial charge in [0.2, 0.25) is 0 Å². The summed E-state index contributed by atoms with van der Waals surface area (Å²) >= 11 is 7.50. The minimum Gasteiger partial charge on any atom is -0.399 e. The monoisotopic (exact) mass is 281 g/mol. The van der Waals surface area contributed by atoms with Gasteiger partial charge in [-0.3, -0.25) is 4.79 Å². The standard InChI is InChI=1S/C12H12ClN3OS/c1-7-15-5-9(18-7)6-16-12(17)10-4-8(14)2-3-11(10)13/h2-5H,6,14H2,1H3,(H,16,17). The molecule has 1 aromatic carbocycles. The van der Waals surface area contributed by atoms with Crippen LogP contribution in [0.4, 0.5) is 5.69 Å². The van der Waals surface area contributed by atoms with E-state index in [1.165, 1.54) is 0 Å². The van der Waals surface area contributed by atoms with E-state index in [1.54, 1.807) is 35.7 Å². The Hall–Kier alpha value is -1.59. The number of rotatable bonds is 3. The second kappa shape index (κ2) is 5.37. The van der Waals surface area contributed by atoms with E-state index in [0.29, 0.717) is 22.8 Å². The molecule has 0 aliphatic heterocycles. The van der Waals surface area contributed by atoms with Gasteiger partial charge in [0.1, 0.15) is 0 Å². The highest BCUT2D eigenvalue weighted by Gasteiger charge is 2.10. The third-order valence-electron chi connectivity index (χ3n) is 2.33. The molecule has 1 heterocycles. The second-order valence-electron chi connectivity index (χ2n) is 3.77. The Labute approximate surface area is 114 Å². The molecule has 2 rings (SSSR count). The summed E-state index contributed by atoms with van der Waals surface area (Å²) in [5, 5.41) is 4.15. The van der Waals surface area contributed by atoms with Gasteiger partial charge in [0.15, 0.2) is 0 Å². The number of hydrogen-bond donors (Lipinski definition) is 2. The molecule has 0 aliphatic carbocycles. The number of anilines is 1. The lowest BCUT2D eigenvalue weighted by atomic mass is 10.2. The van der Waals surface area contributed by atoms with Crippen molar-refractivity contribution in [3.05, 3.63) is 44.9 Å². The molecule has 94 valence electrons. The van der Waals surface area contributed by atoms with E-state index < -0.39 is 0 Å². The predicted molar refractivity (Wildman–Crippen MR) is 73.9 cm³/mol. The van der Waals surface area contributed by atoms with Crippen molar-refractivity contribution >= 4 is 34.5 Å². The quantitative estimate of drug-likeness (QED) is 0.850. The second-order valence-corrected chi connectivity index (χ2v) is 5.49. The predicted octanol–water partition coefficient (Wildman–Crippen LogP) is 2.62. The van der Waals surface area contributed by atoms with Crippen LogP contribution in [-0.2, 0) is 6.54 Å². The van der Waals surface area contributed by atoms with Crippen LogP contribution < -0.4 is 11.1 Å². The third kappa shape index (κ3) is 3.00. The number of nitrogen functional groups attached to an aromatic ring is 1. The van der Waals surface area contributed by atoms with Crippen molar-refractivity contribution in [3.63, 3.8) is 0 Å².